The molecule has 0 aromatic heterocycles. The molecule has 0 amide bonds. The zero-order chi connectivity index (χ0) is 71.8. The lowest BCUT2D eigenvalue weighted by molar-refractivity contribution is -0.161. The third-order valence-electron chi connectivity index (χ3n) is 18.6. The SMILES string of the molecule is CCCCCCCCCCCCCCCCCCCCCCC(=O)O[C@H](COC(=O)CCCCCCCCCCCCCCCCC)COP(=O)(O)OC[C@@H](O)COP(=O)(O)OC[C@@H](COC(=O)CCCCCCCCCCCCC)OC(=O)CCCCCCCCCCCCCC. The predicted octanol–water partition coefficient (Wildman–Crippen LogP) is 23.8. The van der Waals surface area contributed by atoms with E-state index in [4.69, 9.17) is 37.0 Å². The second-order valence-electron chi connectivity index (χ2n) is 28.5. The van der Waals surface area contributed by atoms with E-state index >= 15 is 0 Å². The van der Waals surface area contributed by atoms with E-state index < -0.39 is 97.5 Å². The Morgan fingerprint density at radius 1 is 0.245 bits per heavy atom. The summed E-state index contributed by atoms with van der Waals surface area (Å²) in [5, 5.41) is 10.6. The lowest BCUT2D eigenvalue weighted by Gasteiger charge is -2.21. The van der Waals surface area contributed by atoms with E-state index in [-0.39, 0.29) is 25.7 Å². The summed E-state index contributed by atoms with van der Waals surface area (Å²) in [6, 6.07) is 0. The number of carbonyl (C=O) groups excluding carboxylic acids is 4. The number of carbonyl (C=O) groups is 4. The molecule has 0 aliphatic heterocycles. The molecule has 0 aromatic carbocycles. The van der Waals surface area contributed by atoms with Crippen molar-refractivity contribution in [3.63, 3.8) is 0 Å². The van der Waals surface area contributed by atoms with Crippen LogP contribution in [0.4, 0.5) is 0 Å². The summed E-state index contributed by atoms with van der Waals surface area (Å²) in [4.78, 5) is 72.9. The molecule has 0 saturated carbocycles. The molecule has 0 aliphatic rings. The highest BCUT2D eigenvalue weighted by Gasteiger charge is 2.30. The fourth-order valence-electron chi connectivity index (χ4n) is 12.3. The third-order valence-corrected chi connectivity index (χ3v) is 20.5. The summed E-state index contributed by atoms with van der Waals surface area (Å²) >= 11 is 0. The number of unbranched alkanes of at least 4 members (excludes halogenated alkanes) is 54. The quantitative estimate of drug-likeness (QED) is 0.0222. The molecule has 0 aliphatic carbocycles. The van der Waals surface area contributed by atoms with E-state index in [9.17, 15) is 43.2 Å². The zero-order valence-electron chi connectivity index (χ0n) is 63.8. The van der Waals surface area contributed by atoms with Crippen molar-refractivity contribution < 1.29 is 80.2 Å². The highest BCUT2D eigenvalue weighted by molar-refractivity contribution is 7.47. The van der Waals surface area contributed by atoms with E-state index in [1.165, 1.54) is 257 Å². The van der Waals surface area contributed by atoms with Gasteiger partial charge in [0.2, 0.25) is 0 Å². The van der Waals surface area contributed by atoms with Gasteiger partial charge >= 0.3 is 39.5 Å². The number of aliphatic hydroxyl groups excluding tert-OH is 1. The zero-order valence-corrected chi connectivity index (χ0v) is 65.6. The first-order chi connectivity index (χ1) is 47.7. The Bertz CT molecular complexity index is 1860. The average Bonchev–Trinajstić information content (AvgIpc) is 0.974. The number of phosphoric acid groups is 2. The smallest absolute Gasteiger partial charge is 0.462 e. The van der Waals surface area contributed by atoms with Crippen LogP contribution in [0.25, 0.3) is 0 Å². The molecule has 98 heavy (non-hydrogen) atoms. The molecule has 0 aromatic rings. The first-order valence-corrected chi connectivity index (χ1v) is 44.3. The van der Waals surface area contributed by atoms with Crippen LogP contribution in [0.2, 0.25) is 0 Å². The van der Waals surface area contributed by atoms with Gasteiger partial charge in [0.25, 0.3) is 0 Å². The average molecular weight is 1440 g/mol. The maximum absolute atomic E-state index is 13.1. The molecule has 0 bridgehead atoms. The molecule has 19 heteroatoms. The van der Waals surface area contributed by atoms with E-state index in [0.29, 0.717) is 25.7 Å². The van der Waals surface area contributed by atoms with Crippen LogP contribution in [-0.2, 0) is 65.4 Å². The van der Waals surface area contributed by atoms with Gasteiger partial charge < -0.3 is 33.8 Å². The van der Waals surface area contributed by atoms with Crippen molar-refractivity contribution in [3.8, 4) is 0 Å². The molecule has 3 N–H and O–H groups in total. The predicted molar refractivity (Wildman–Crippen MR) is 400 cm³/mol. The minimum Gasteiger partial charge on any atom is -0.462 e. The van der Waals surface area contributed by atoms with Gasteiger partial charge in [0.05, 0.1) is 26.4 Å². The number of ether oxygens (including phenoxy) is 4. The van der Waals surface area contributed by atoms with Crippen molar-refractivity contribution in [2.75, 3.05) is 39.6 Å². The van der Waals surface area contributed by atoms with Crippen LogP contribution in [0.5, 0.6) is 0 Å². The molecule has 0 radical (unpaired) electrons. The number of rotatable bonds is 80. The van der Waals surface area contributed by atoms with Gasteiger partial charge in [0, 0.05) is 25.7 Å². The molecule has 0 fully saturated rings. The van der Waals surface area contributed by atoms with E-state index in [1.54, 1.807) is 0 Å². The lowest BCUT2D eigenvalue weighted by Crippen LogP contribution is -2.30. The number of hydrogen-bond acceptors (Lipinski definition) is 15. The van der Waals surface area contributed by atoms with Gasteiger partial charge in [0.1, 0.15) is 19.3 Å². The summed E-state index contributed by atoms with van der Waals surface area (Å²) in [6.45, 7) is 5.01. The highest BCUT2D eigenvalue weighted by atomic mass is 31.2. The highest BCUT2D eigenvalue weighted by Crippen LogP contribution is 2.45. The van der Waals surface area contributed by atoms with E-state index in [1.807, 2.05) is 0 Å². The van der Waals surface area contributed by atoms with Crippen molar-refractivity contribution in [1.29, 1.82) is 0 Å². The standard InChI is InChI=1S/C79H154O17P2/c1-5-9-13-17-21-25-29-32-34-35-36-37-38-40-42-46-50-54-58-62-66-79(84)96-75(70-90-77(82)64-60-56-52-48-45-41-39-33-30-26-22-18-14-10-6-2)72-94-98(87,88)92-68-73(80)67-91-97(85,86)93-71-74(69-89-76(81)63-59-55-51-47-43-28-24-20-16-12-8-4)95-78(83)65-61-57-53-49-44-31-27-23-19-15-11-7-3/h73-75,80H,5-72H2,1-4H3,(H,85,86)(H,87,88)/t73-,74+,75+/m0/s1. The Labute approximate surface area is 600 Å². The number of aliphatic hydroxyl groups is 1. The van der Waals surface area contributed by atoms with Crippen LogP contribution in [0, 0.1) is 0 Å². The molecule has 17 nitrogen and oxygen atoms in total. The summed E-state index contributed by atoms with van der Waals surface area (Å²) in [5.41, 5.74) is 0. The first-order valence-electron chi connectivity index (χ1n) is 41.3. The Morgan fingerprint density at radius 3 is 0.602 bits per heavy atom. The van der Waals surface area contributed by atoms with Crippen molar-refractivity contribution in [1.82, 2.24) is 0 Å². The lowest BCUT2D eigenvalue weighted by atomic mass is 10.0. The second-order valence-corrected chi connectivity index (χ2v) is 31.4. The van der Waals surface area contributed by atoms with Crippen LogP contribution in [0.15, 0.2) is 0 Å². The van der Waals surface area contributed by atoms with Gasteiger partial charge in [-0.05, 0) is 25.7 Å². The summed E-state index contributed by atoms with van der Waals surface area (Å²) in [5.74, 6) is -2.11. The molecular formula is C79H154O17P2. The van der Waals surface area contributed by atoms with Gasteiger partial charge in [-0.2, -0.15) is 0 Å². The van der Waals surface area contributed by atoms with Crippen LogP contribution < -0.4 is 0 Å². The van der Waals surface area contributed by atoms with Crippen molar-refractivity contribution in [2.45, 2.75) is 444 Å². The summed E-state index contributed by atoms with van der Waals surface area (Å²) in [6.07, 6.45) is 65.1. The molecule has 0 saturated heterocycles. The van der Waals surface area contributed by atoms with Crippen molar-refractivity contribution in [3.05, 3.63) is 0 Å². The number of esters is 4. The maximum atomic E-state index is 13.1. The molecule has 5 atom stereocenters. The molecule has 2 unspecified atom stereocenters. The molecule has 0 heterocycles. The van der Waals surface area contributed by atoms with Crippen molar-refractivity contribution >= 4 is 39.5 Å². The van der Waals surface area contributed by atoms with Crippen LogP contribution >= 0.6 is 15.6 Å². The van der Waals surface area contributed by atoms with Gasteiger partial charge in [-0.25, -0.2) is 9.13 Å². The largest absolute Gasteiger partial charge is 0.472 e. The number of hydrogen-bond donors (Lipinski definition) is 3. The van der Waals surface area contributed by atoms with Gasteiger partial charge in [-0.15, -0.1) is 0 Å². The number of phosphoric ester groups is 2. The minimum absolute atomic E-state index is 0.108. The summed E-state index contributed by atoms with van der Waals surface area (Å²) in [7, 11) is -9.91. The second kappa shape index (κ2) is 73.4. The Kier molecular flexibility index (Phi) is 71.9. The fourth-order valence-corrected chi connectivity index (χ4v) is 13.9. The minimum atomic E-state index is -4.96. The Balaban J connectivity index is 5.22. The first kappa shape index (κ1) is 96.1. The van der Waals surface area contributed by atoms with Crippen LogP contribution in [0.1, 0.15) is 426 Å². The van der Waals surface area contributed by atoms with Gasteiger partial charge in [-0.3, -0.25) is 37.3 Å². The van der Waals surface area contributed by atoms with E-state index in [2.05, 4.69) is 27.7 Å². The van der Waals surface area contributed by atoms with Crippen molar-refractivity contribution in [2.24, 2.45) is 0 Å². The normalized spacial score (nSPS) is 13.8. The molecular weight excluding hydrogens is 1280 g/mol. The molecule has 0 spiro atoms. The fraction of sp³-hybridized carbons (Fsp3) is 0.949. The molecule has 0 rings (SSSR count). The third kappa shape index (κ3) is 72.4. The Morgan fingerprint density at radius 2 is 0.408 bits per heavy atom. The van der Waals surface area contributed by atoms with Crippen LogP contribution in [0.3, 0.4) is 0 Å². The monoisotopic (exact) mass is 1440 g/mol. The summed E-state index contributed by atoms with van der Waals surface area (Å²) < 4.78 is 68.6. The van der Waals surface area contributed by atoms with Gasteiger partial charge in [-0.1, -0.05) is 374 Å². The van der Waals surface area contributed by atoms with E-state index in [0.717, 1.165) is 89.9 Å². The van der Waals surface area contributed by atoms with Gasteiger partial charge in [0.15, 0.2) is 12.2 Å². The Hall–Kier alpha value is -1.94. The maximum Gasteiger partial charge on any atom is 0.472 e. The van der Waals surface area contributed by atoms with Crippen LogP contribution in [-0.4, -0.2) is 96.7 Å². The molecule has 582 valence electrons. The topological polar surface area (TPSA) is 237 Å².